The highest BCUT2D eigenvalue weighted by molar-refractivity contribution is 5.96. The van der Waals surface area contributed by atoms with Crippen LogP contribution in [-0.2, 0) is 4.79 Å². The third-order valence-electron chi connectivity index (χ3n) is 4.26. The molecular weight excluding hydrogens is 275 g/mol. The summed E-state index contributed by atoms with van der Waals surface area (Å²) in [5.41, 5.74) is -1.21. The van der Waals surface area contributed by atoms with E-state index in [0.717, 1.165) is 31.5 Å². The molecule has 1 heterocycles. The van der Waals surface area contributed by atoms with Gasteiger partial charge in [-0.15, -0.1) is 0 Å². The maximum Gasteiger partial charge on any atom is 0.329 e. The van der Waals surface area contributed by atoms with E-state index in [9.17, 15) is 19.1 Å². The predicted octanol–water partition coefficient (Wildman–Crippen LogP) is 2.37. The molecule has 1 saturated carbocycles. The standard InChI is InChI=1S/C15H19FN2O3/c1-2-10-5-7-15(8-6-10,14(20)21)18-13(19)12-4-3-11(16)9-17-12/h3-4,9-10H,2,5-8H2,1H3,(H,18,19)(H,20,21). The van der Waals surface area contributed by atoms with Gasteiger partial charge in [0.15, 0.2) is 0 Å². The van der Waals surface area contributed by atoms with Gasteiger partial charge in [0.2, 0.25) is 0 Å². The molecule has 114 valence electrons. The van der Waals surface area contributed by atoms with Crippen LogP contribution in [0.2, 0.25) is 0 Å². The molecule has 0 bridgehead atoms. The Labute approximate surface area is 122 Å². The molecule has 0 spiro atoms. The molecule has 5 nitrogen and oxygen atoms in total. The Morgan fingerprint density at radius 2 is 2.10 bits per heavy atom. The van der Waals surface area contributed by atoms with Crippen molar-refractivity contribution < 1.29 is 19.1 Å². The number of carbonyl (C=O) groups is 2. The summed E-state index contributed by atoms with van der Waals surface area (Å²) in [6.45, 7) is 2.08. The summed E-state index contributed by atoms with van der Waals surface area (Å²) >= 11 is 0. The molecule has 1 fully saturated rings. The molecule has 0 atom stereocenters. The van der Waals surface area contributed by atoms with Crippen molar-refractivity contribution in [3.63, 3.8) is 0 Å². The lowest BCUT2D eigenvalue weighted by atomic mass is 9.75. The molecule has 2 rings (SSSR count). The summed E-state index contributed by atoms with van der Waals surface area (Å²) in [6.07, 6.45) is 4.33. The number of nitrogens with one attached hydrogen (secondary N) is 1. The van der Waals surface area contributed by atoms with Gasteiger partial charge in [0.25, 0.3) is 5.91 Å². The predicted molar refractivity (Wildman–Crippen MR) is 74.3 cm³/mol. The van der Waals surface area contributed by atoms with Crippen LogP contribution in [0.25, 0.3) is 0 Å². The fourth-order valence-corrected chi connectivity index (χ4v) is 2.76. The Morgan fingerprint density at radius 3 is 2.57 bits per heavy atom. The summed E-state index contributed by atoms with van der Waals surface area (Å²) in [5, 5.41) is 12.1. The third-order valence-corrected chi connectivity index (χ3v) is 4.26. The van der Waals surface area contributed by atoms with Gasteiger partial charge >= 0.3 is 5.97 Å². The van der Waals surface area contributed by atoms with Gasteiger partial charge < -0.3 is 10.4 Å². The Hall–Kier alpha value is -1.98. The monoisotopic (exact) mass is 294 g/mol. The lowest BCUT2D eigenvalue weighted by Gasteiger charge is -2.37. The van der Waals surface area contributed by atoms with Crippen molar-refractivity contribution in [3.8, 4) is 0 Å². The van der Waals surface area contributed by atoms with E-state index >= 15 is 0 Å². The maximum atomic E-state index is 12.8. The van der Waals surface area contributed by atoms with Gasteiger partial charge in [0, 0.05) is 0 Å². The van der Waals surface area contributed by atoms with Gasteiger partial charge in [-0.25, -0.2) is 14.2 Å². The largest absolute Gasteiger partial charge is 0.480 e. The molecule has 0 aromatic carbocycles. The van der Waals surface area contributed by atoms with Crippen LogP contribution >= 0.6 is 0 Å². The van der Waals surface area contributed by atoms with Crippen molar-refractivity contribution >= 4 is 11.9 Å². The number of rotatable bonds is 4. The van der Waals surface area contributed by atoms with Crippen molar-refractivity contribution in [2.75, 3.05) is 0 Å². The molecule has 0 radical (unpaired) electrons. The third kappa shape index (κ3) is 3.37. The fraction of sp³-hybridized carbons (Fsp3) is 0.533. The number of pyridine rings is 1. The molecule has 2 N–H and O–H groups in total. The highest BCUT2D eigenvalue weighted by Gasteiger charge is 2.43. The molecule has 0 aliphatic heterocycles. The number of aliphatic carboxylic acids is 1. The van der Waals surface area contributed by atoms with E-state index in [1.165, 1.54) is 6.07 Å². The Morgan fingerprint density at radius 1 is 1.43 bits per heavy atom. The number of amides is 1. The normalized spacial score (nSPS) is 25.3. The van der Waals surface area contributed by atoms with Gasteiger partial charge in [-0.3, -0.25) is 4.79 Å². The first-order valence-corrected chi connectivity index (χ1v) is 7.14. The van der Waals surface area contributed by atoms with Crippen molar-refractivity contribution in [3.05, 3.63) is 29.8 Å². The van der Waals surface area contributed by atoms with E-state index in [2.05, 4.69) is 17.2 Å². The second-order valence-electron chi connectivity index (χ2n) is 5.55. The first kappa shape index (κ1) is 15.4. The van der Waals surface area contributed by atoms with Crippen LogP contribution in [0.5, 0.6) is 0 Å². The number of carboxylic acids is 1. The van der Waals surface area contributed by atoms with Crippen molar-refractivity contribution in [1.82, 2.24) is 10.3 Å². The molecule has 1 aliphatic rings. The van der Waals surface area contributed by atoms with Crippen LogP contribution in [-0.4, -0.2) is 27.5 Å². The second-order valence-corrected chi connectivity index (χ2v) is 5.55. The molecule has 0 unspecified atom stereocenters. The molecule has 21 heavy (non-hydrogen) atoms. The summed E-state index contributed by atoms with van der Waals surface area (Å²) in [7, 11) is 0. The zero-order valence-corrected chi connectivity index (χ0v) is 11.9. The van der Waals surface area contributed by atoms with Crippen LogP contribution < -0.4 is 5.32 Å². The topological polar surface area (TPSA) is 79.3 Å². The van der Waals surface area contributed by atoms with E-state index in [1.54, 1.807) is 0 Å². The molecule has 1 aliphatic carbocycles. The van der Waals surface area contributed by atoms with E-state index in [4.69, 9.17) is 0 Å². The average molecular weight is 294 g/mol. The zero-order chi connectivity index (χ0) is 15.5. The summed E-state index contributed by atoms with van der Waals surface area (Å²) in [5.74, 6) is -1.62. The number of aromatic nitrogens is 1. The Bertz CT molecular complexity index is 522. The first-order chi connectivity index (χ1) is 9.97. The van der Waals surface area contributed by atoms with Crippen LogP contribution in [0, 0.1) is 11.7 Å². The Balaban J connectivity index is 2.12. The summed E-state index contributed by atoms with van der Waals surface area (Å²) in [6, 6.07) is 2.38. The number of carbonyl (C=O) groups excluding carboxylic acids is 1. The van der Waals surface area contributed by atoms with Gasteiger partial charge in [0.05, 0.1) is 6.20 Å². The van der Waals surface area contributed by atoms with Crippen LogP contribution in [0.3, 0.4) is 0 Å². The maximum absolute atomic E-state index is 12.8. The van der Waals surface area contributed by atoms with Crippen molar-refractivity contribution in [1.29, 1.82) is 0 Å². The van der Waals surface area contributed by atoms with E-state index < -0.39 is 23.2 Å². The Kier molecular flexibility index (Phi) is 4.55. The van der Waals surface area contributed by atoms with E-state index in [1.807, 2.05) is 0 Å². The first-order valence-electron chi connectivity index (χ1n) is 7.14. The lowest BCUT2D eigenvalue weighted by molar-refractivity contribution is -0.146. The summed E-state index contributed by atoms with van der Waals surface area (Å²) < 4.78 is 12.8. The average Bonchev–Trinajstić information content (AvgIpc) is 2.48. The summed E-state index contributed by atoms with van der Waals surface area (Å²) in [4.78, 5) is 27.4. The van der Waals surface area contributed by atoms with Gasteiger partial charge in [-0.05, 0) is 43.7 Å². The van der Waals surface area contributed by atoms with Crippen molar-refractivity contribution in [2.24, 2.45) is 5.92 Å². The minimum Gasteiger partial charge on any atom is -0.480 e. The second kappa shape index (κ2) is 6.20. The number of hydrogen-bond donors (Lipinski definition) is 2. The van der Waals surface area contributed by atoms with Crippen LogP contribution in [0.1, 0.15) is 49.5 Å². The molecular formula is C15H19FN2O3. The number of nitrogens with zero attached hydrogens (tertiary/aromatic N) is 1. The van der Waals surface area contributed by atoms with Gasteiger partial charge in [-0.2, -0.15) is 0 Å². The fourth-order valence-electron chi connectivity index (χ4n) is 2.76. The molecule has 6 heteroatoms. The quantitative estimate of drug-likeness (QED) is 0.893. The van der Waals surface area contributed by atoms with Crippen molar-refractivity contribution in [2.45, 2.75) is 44.6 Å². The van der Waals surface area contributed by atoms with Gasteiger partial charge in [0.1, 0.15) is 17.1 Å². The number of hydrogen-bond acceptors (Lipinski definition) is 3. The van der Waals surface area contributed by atoms with E-state index in [-0.39, 0.29) is 5.69 Å². The van der Waals surface area contributed by atoms with Gasteiger partial charge in [-0.1, -0.05) is 13.3 Å². The minimum atomic E-state index is -1.24. The number of halogens is 1. The molecule has 1 aromatic heterocycles. The molecule has 0 saturated heterocycles. The highest BCUT2D eigenvalue weighted by Crippen LogP contribution is 2.34. The molecule has 1 aromatic rings. The highest BCUT2D eigenvalue weighted by atomic mass is 19.1. The smallest absolute Gasteiger partial charge is 0.329 e. The van der Waals surface area contributed by atoms with E-state index in [0.29, 0.717) is 18.8 Å². The van der Waals surface area contributed by atoms with Crippen LogP contribution in [0.4, 0.5) is 4.39 Å². The zero-order valence-electron chi connectivity index (χ0n) is 11.9. The number of carboxylic acid groups (broad SMARTS) is 1. The molecule has 1 amide bonds. The van der Waals surface area contributed by atoms with Crippen LogP contribution in [0.15, 0.2) is 18.3 Å². The SMILES string of the molecule is CCC1CCC(NC(=O)c2ccc(F)cn2)(C(=O)O)CC1. The minimum absolute atomic E-state index is 0.0228. The lowest BCUT2D eigenvalue weighted by Crippen LogP contribution is -2.56.